The van der Waals surface area contributed by atoms with Gasteiger partial charge in [-0.15, -0.1) is 30.6 Å². The summed E-state index contributed by atoms with van der Waals surface area (Å²) in [6, 6.07) is 5.95. The minimum absolute atomic E-state index is 0. The van der Waals surface area contributed by atoms with E-state index in [2.05, 4.69) is 38.1 Å². The molecule has 0 aliphatic rings. The molecule has 0 amide bonds. The monoisotopic (exact) mass is 453 g/mol. The highest BCUT2D eigenvalue weighted by Gasteiger charge is 2.01. The summed E-state index contributed by atoms with van der Waals surface area (Å²) in [6.45, 7) is 7.84. The van der Waals surface area contributed by atoms with Crippen LogP contribution in [0.5, 0.6) is 5.75 Å². The smallest absolute Gasteiger partial charge is 0.191 e. The molecule has 0 aromatic heterocycles. The van der Waals surface area contributed by atoms with E-state index < -0.39 is 0 Å². The number of hydrogen-bond acceptors (Lipinski definition) is 2. The summed E-state index contributed by atoms with van der Waals surface area (Å²) < 4.78 is 6.14. The lowest BCUT2D eigenvalue weighted by Gasteiger charge is -2.10. The molecule has 0 spiro atoms. The van der Waals surface area contributed by atoms with E-state index in [-0.39, 0.29) is 24.0 Å². The molecule has 0 saturated carbocycles. The third kappa shape index (κ3) is 6.60. The average molecular weight is 454 g/mol. The van der Waals surface area contributed by atoms with Gasteiger partial charge in [0.1, 0.15) is 5.75 Å². The number of nitrogens with one attached hydrogen (secondary N) is 2. The lowest BCUT2D eigenvalue weighted by molar-refractivity contribution is 0.412. The first-order valence-electron chi connectivity index (χ1n) is 6.16. The van der Waals surface area contributed by atoms with Crippen LogP contribution >= 0.6 is 39.9 Å². The zero-order valence-corrected chi connectivity index (χ0v) is 15.7. The first-order valence-corrected chi connectivity index (χ1v) is 6.96. The lowest BCUT2D eigenvalue weighted by atomic mass is 10.2. The molecule has 112 valence electrons. The molecule has 2 N–H and O–H groups in total. The van der Waals surface area contributed by atoms with Gasteiger partial charge in [-0.05, 0) is 40.5 Å². The number of rotatable bonds is 6. The lowest BCUT2D eigenvalue weighted by Crippen LogP contribution is -2.37. The van der Waals surface area contributed by atoms with Crippen molar-refractivity contribution >= 4 is 45.9 Å². The summed E-state index contributed by atoms with van der Waals surface area (Å²) in [6.07, 6.45) is 1.80. The minimum atomic E-state index is 0. The summed E-state index contributed by atoms with van der Waals surface area (Å²) in [7, 11) is 1.65. The molecular weight excluding hydrogens is 433 g/mol. The van der Waals surface area contributed by atoms with Crippen molar-refractivity contribution in [3.63, 3.8) is 0 Å². The Hall–Kier alpha value is -0.760. The molecule has 0 unspecified atom stereocenters. The Morgan fingerprint density at radius 1 is 1.45 bits per heavy atom. The highest BCUT2D eigenvalue weighted by molar-refractivity contribution is 14.0. The van der Waals surface area contributed by atoms with Gasteiger partial charge >= 0.3 is 0 Å². The van der Waals surface area contributed by atoms with Crippen LogP contribution in [-0.4, -0.2) is 26.2 Å². The van der Waals surface area contributed by atoms with Gasteiger partial charge in [-0.2, -0.15) is 0 Å². The second kappa shape index (κ2) is 11.0. The number of methoxy groups -OCH3 is 1. The van der Waals surface area contributed by atoms with Gasteiger partial charge in [-0.3, -0.25) is 0 Å². The SMILES string of the molecule is C=CCNC(=NCc1ccc(OC)c(Br)c1)NCC.I. The molecule has 1 rings (SSSR count). The fourth-order valence-corrected chi connectivity index (χ4v) is 2.08. The molecule has 1 aromatic carbocycles. The average Bonchev–Trinajstić information content (AvgIpc) is 2.42. The van der Waals surface area contributed by atoms with Crippen LogP contribution in [0.1, 0.15) is 12.5 Å². The molecule has 0 bridgehead atoms. The van der Waals surface area contributed by atoms with E-state index >= 15 is 0 Å². The number of halogens is 2. The van der Waals surface area contributed by atoms with E-state index in [4.69, 9.17) is 4.74 Å². The van der Waals surface area contributed by atoms with Crippen molar-refractivity contribution in [2.24, 2.45) is 4.99 Å². The van der Waals surface area contributed by atoms with Crippen molar-refractivity contribution in [3.8, 4) is 5.75 Å². The molecule has 0 atom stereocenters. The Kier molecular flexibility index (Phi) is 10.5. The maximum atomic E-state index is 5.20. The molecule has 0 radical (unpaired) electrons. The van der Waals surface area contributed by atoms with E-state index in [9.17, 15) is 0 Å². The van der Waals surface area contributed by atoms with E-state index in [1.165, 1.54) is 0 Å². The van der Waals surface area contributed by atoms with Gasteiger partial charge in [0.25, 0.3) is 0 Å². The van der Waals surface area contributed by atoms with Gasteiger partial charge in [0, 0.05) is 13.1 Å². The number of ether oxygens (including phenoxy) is 1. The van der Waals surface area contributed by atoms with Crippen molar-refractivity contribution in [2.45, 2.75) is 13.5 Å². The molecule has 0 fully saturated rings. The van der Waals surface area contributed by atoms with Crippen LogP contribution < -0.4 is 15.4 Å². The molecule has 0 saturated heterocycles. The fourth-order valence-electron chi connectivity index (χ4n) is 1.49. The van der Waals surface area contributed by atoms with Gasteiger partial charge in [0.05, 0.1) is 18.1 Å². The standard InChI is InChI=1S/C14H20BrN3O.HI/c1-4-8-17-14(16-5-2)18-10-11-6-7-13(19-3)12(15)9-11;/h4,6-7,9H,1,5,8,10H2,2-3H3,(H2,16,17,18);1H. The van der Waals surface area contributed by atoms with Gasteiger partial charge in [0.15, 0.2) is 5.96 Å². The summed E-state index contributed by atoms with van der Waals surface area (Å²) in [5.74, 6) is 1.61. The second-order valence-corrected chi connectivity index (χ2v) is 4.69. The summed E-state index contributed by atoms with van der Waals surface area (Å²) >= 11 is 3.47. The molecule has 6 heteroatoms. The quantitative estimate of drug-likeness (QED) is 0.300. The van der Waals surface area contributed by atoms with E-state index in [1.807, 2.05) is 25.1 Å². The van der Waals surface area contributed by atoms with Crippen LogP contribution in [0, 0.1) is 0 Å². The number of guanidine groups is 1. The van der Waals surface area contributed by atoms with Gasteiger partial charge in [-0.1, -0.05) is 12.1 Å². The van der Waals surface area contributed by atoms with E-state index in [0.29, 0.717) is 13.1 Å². The van der Waals surface area contributed by atoms with E-state index in [0.717, 1.165) is 28.3 Å². The maximum Gasteiger partial charge on any atom is 0.191 e. The topological polar surface area (TPSA) is 45.7 Å². The number of nitrogens with zero attached hydrogens (tertiary/aromatic N) is 1. The number of aliphatic imine (C=N–C) groups is 1. The van der Waals surface area contributed by atoms with Gasteiger partial charge in [-0.25, -0.2) is 4.99 Å². The Morgan fingerprint density at radius 3 is 2.75 bits per heavy atom. The number of hydrogen-bond donors (Lipinski definition) is 2. The molecule has 0 heterocycles. The summed E-state index contributed by atoms with van der Waals surface area (Å²) in [4.78, 5) is 4.50. The first kappa shape index (κ1) is 19.2. The van der Waals surface area contributed by atoms with Crippen LogP contribution in [0.15, 0.2) is 40.3 Å². The van der Waals surface area contributed by atoms with Crippen molar-refractivity contribution < 1.29 is 4.74 Å². The third-order valence-corrected chi connectivity index (χ3v) is 3.01. The Bertz CT molecular complexity index is 452. The highest BCUT2D eigenvalue weighted by Crippen LogP contribution is 2.25. The number of benzene rings is 1. The van der Waals surface area contributed by atoms with Crippen LogP contribution in [0.3, 0.4) is 0 Å². The molecule has 20 heavy (non-hydrogen) atoms. The Morgan fingerprint density at radius 2 is 2.20 bits per heavy atom. The second-order valence-electron chi connectivity index (χ2n) is 3.83. The predicted octanol–water partition coefficient (Wildman–Crippen LogP) is 3.32. The van der Waals surface area contributed by atoms with Crippen LogP contribution in [-0.2, 0) is 6.54 Å². The third-order valence-electron chi connectivity index (χ3n) is 2.39. The first-order chi connectivity index (χ1) is 9.21. The van der Waals surface area contributed by atoms with Crippen LogP contribution in [0.25, 0.3) is 0 Å². The van der Waals surface area contributed by atoms with Crippen molar-refractivity contribution in [1.29, 1.82) is 0 Å². The zero-order chi connectivity index (χ0) is 14.1. The fraction of sp³-hybridized carbons (Fsp3) is 0.357. The van der Waals surface area contributed by atoms with Crippen LogP contribution in [0.2, 0.25) is 0 Å². The normalized spacial score (nSPS) is 10.4. The van der Waals surface area contributed by atoms with Gasteiger partial charge in [0.2, 0.25) is 0 Å². The van der Waals surface area contributed by atoms with Crippen molar-refractivity contribution in [2.75, 3.05) is 20.2 Å². The Balaban J connectivity index is 0.00000361. The largest absolute Gasteiger partial charge is 0.496 e. The predicted molar refractivity (Wildman–Crippen MR) is 99.1 cm³/mol. The van der Waals surface area contributed by atoms with Crippen LogP contribution in [0.4, 0.5) is 0 Å². The van der Waals surface area contributed by atoms with Gasteiger partial charge < -0.3 is 15.4 Å². The van der Waals surface area contributed by atoms with E-state index in [1.54, 1.807) is 13.2 Å². The maximum absolute atomic E-state index is 5.20. The minimum Gasteiger partial charge on any atom is -0.496 e. The molecular formula is C14H21BrIN3O. The zero-order valence-electron chi connectivity index (χ0n) is 11.8. The molecule has 4 nitrogen and oxygen atoms in total. The summed E-state index contributed by atoms with van der Waals surface area (Å²) in [5, 5.41) is 6.34. The molecule has 1 aromatic rings. The summed E-state index contributed by atoms with van der Waals surface area (Å²) in [5.41, 5.74) is 1.11. The Labute approximate surface area is 146 Å². The van der Waals surface area contributed by atoms with Crippen molar-refractivity contribution in [3.05, 3.63) is 40.9 Å². The molecule has 0 aliphatic carbocycles. The molecule has 0 aliphatic heterocycles. The van der Waals surface area contributed by atoms with Crippen molar-refractivity contribution in [1.82, 2.24) is 10.6 Å². The highest BCUT2D eigenvalue weighted by atomic mass is 127.